The zero-order valence-electron chi connectivity index (χ0n) is 12.7. The number of aromatic nitrogens is 1. The summed E-state index contributed by atoms with van der Waals surface area (Å²) in [5.74, 6) is -0.206. The van der Waals surface area contributed by atoms with E-state index in [1.165, 1.54) is 10.9 Å². The van der Waals surface area contributed by atoms with E-state index in [4.69, 9.17) is 0 Å². The van der Waals surface area contributed by atoms with Crippen molar-refractivity contribution in [3.05, 3.63) is 40.2 Å². The molecule has 0 aliphatic heterocycles. The largest absolute Gasteiger partial charge is 0.307 e. The first-order chi connectivity index (χ1) is 9.24. The molecule has 1 aromatic heterocycles. The minimum atomic E-state index is -0.206. The summed E-state index contributed by atoms with van der Waals surface area (Å²) in [6.45, 7) is 11.1. The average molecular weight is 292 g/mol. The van der Waals surface area contributed by atoms with Gasteiger partial charge in [-0.25, -0.2) is 9.37 Å². The lowest BCUT2D eigenvalue weighted by atomic mass is 10.1. The molecule has 2 rings (SSSR count). The van der Waals surface area contributed by atoms with Crippen LogP contribution in [-0.4, -0.2) is 10.5 Å². The second-order valence-corrected chi connectivity index (χ2v) is 7.23. The monoisotopic (exact) mass is 292 g/mol. The van der Waals surface area contributed by atoms with Gasteiger partial charge in [-0.3, -0.25) is 0 Å². The summed E-state index contributed by atoms with van der Waals surface area (Å²) >= 11 is 1.63. The van der Waals surface area contributed by atoms with Crippen LogP contribution in [0.3, 0.4) is 0 Å². The third-order valence-corrected chi connectivity index (χ3v) is 4.17. The van der Waals surface area contributed by atoms with E-state index < -0.39 is 0 Å². The van der Waals surface area contributed by atoms with Crippen LogP contribution >= 0.6 is 11.3 Å². The van der Waals surface area contributed by atoms with Crippen LogP contribution < -0.4 is 5.32 Å². The summed E-state index contributed by atoms with van der Waals surface area (Å²) in [5.41, 5.74) is 2.87. The van der Waals surface area contributed by atoms with Crippen LogP contribution in [0.4, 0.5) is 4.39 Å². The van der Waals surface area contributed by atoms with Gasteiger partial charge in [-0.15, -0.1) is 11.3 Å². The molecule has 0 atom stereocenters. The molecule has 1 N–H and O–H groups in total. The van der Waals surface area contributed by atoms with Crippen molar-refractivity contribution in [1.29, 1.82) is 0 Å². The Morgan fingerprint density at radius 1 is 1.20 bits per heavy atom. The highest BCUT2D eigenvalue weighted by Crippen LogP contribution is 2.29. The number of hydrogen-bond donors (Lipinski definition) is 1. The van der Waals surface area contributed by atoms with Gasteiger partial charge in [-0.1, -0.05) is 0 Å². The first-order valence-electron chi connectivity index (χ1n) is 6.73. The van der Waals surface area contributed by atoms with Crippen LogP contribution in [0.15, 0.2) is 18.2 Å². The third kappa shape index (κ3) is 3.87. The van der Waals surface area contributed by atoms with E-state index in [-0.39, 0.29) is 11.4 Å². The van der Waals surface area contributed by atoms with Crippen LogP contribution in [0.1, 0.15) is 36.9 Å². The summed E-state index contributed by atoms with van der Waals surface area (Å²) in [7, 11) is 0. The lowest BCUT2D eigenvalue weighted by molar-refractivity contribution is 0.425. The number of nitrogens with one attached hydrogen (secondary N) is 1. The highest BCUT2D eigenvalue weighted by atomic mass is 32.1. The van der Waals surface area contributed by atoms with Gasteiger partial charge in [0.05, 0.1) is 5.69 Å². The van der Waals surface area contributed by atoms with E-state index in [0.29, 0.717) is 0 Å². The van der Waals surface area contributed by atoms with Gasteiger partial charge in [-0.2, -0.15) is 0 Å². The molecule has 0 aliphatic carbocycles. The molecule has 108 valence electrons. The lowest BCUT2D eigenvalue weighted by Crippen LogP contribution is -2.34. The van der Waals surface area contributed by atoms with Crippen LogP contribution in [0, 0.1) is 19.7 Å². The fraction of sp³-hybridized carbons (Fsp3) is 0.438. The van der Waals surface area contributed by atoms with Crippen LogP contribution in [-0.2, 0) is 6.54 Å². The maximum Gasteiger partial charge on any atom is 0.124 e. The summed E-state index contributed by atoms with van der Waals surface area (Å²) in [4.78, 5) is 5.78. The van der Waals surface area contributed by atoms with Crippen LogP contribution in [0.2, 0.25) is 0 Å². The number of halogens is 1. The van der Waals surface area contributed by atoms with E-state index in [9.17, 15) is 4.39 Å². The van der Waals surface area contributed by atoms with E-state index in [1.807, 2.05) is 19.9 Å². The fourth-order valence-corrected chi connectivity index (χ4v) is 2.91. The van der Waals surface area contributed by atoms with Crippen molar-refractivity contribution in [3.8, 4) is 10.6 Å². The minimum absolute atomic E-state index is 0.0754. The van der Waals surface area contributed by atoms with Gasteiger partial charge < -0.3 is 5.32 Å². The van der Waals surface area contributed by atoms with Crippen molar-refractivity contribution < 1.29 is 4.39 Å². The molecule has 0 spiro atoms. The van der Waals surface area contributed by atoms with E-state index in [1.54, 1.807) is 17.4 Å². The highest BCUT2D eigenvalue weighted by molar-refractivity contribution is 7.15. The number of thiazole rings is 1. The normalized spacial score (nSPS) is 11.9. The molecule has 2 aromatic rings. The molecule has 2 nitrogen and oxygen atoms in total. The molecule has 0 bridgehead atoms. The predicted octanol–water partition coefficient (Wildman–Crippen LogP) is 4.45. The van der Waals surface area contributed by atoms with Gasteiger partial charge in [0.1, 0.15) is 10.8 Å². The number of hydrogen-bond acceptors (Lipinski definition) is 3. The van der Waals surface area contributed by atoms with Crippen molar-refractivity contribution >= 4 is 11.3 Å². The van der Waals surface area contributed by atoms with Gasteiger partial charge in [0.15, 0.2) is 0 Å². The van der Waals surface area contributed by atoms with E-state index in [2.05, 4.69) is 31.1 Å². The SMILES string of the molecule is Cc1cc(F)cc(-c2nc(C)c(CNC(C)(C)C)s2)c1. The quantitative estimate of drug-likeness (QED) is 0.903. The summed E-state index contributed by atoms with van der Waals surface area (Å²) in [6.07, 6.45) is 0. The first kappa shape index (κ1) is 15.1. The van der Waals surface area contributed by atoms with Crippen LogP contribution in [0.25, 0.3) is 10.6 Å². The Bertz CT molecular complexity index is 591. The van der Waals surface area contributed by atoms with Crippen LogP contribution in [0.5, 0.6) is 0 Å². The first-order valence-corrected chi connectivity index (χ1v) is 7.55. The Labute approximate surface area is 124 Å². The van der Waals surface area contributed by atoms with Crippen molar-refractivity contribution in [2.75, 3.05) is 0 Å². The Balaban J connectivity index is 2.26. The summed E-state index contributed by atoms with van der Waals surface area (Å²) in [6, 6.07) is 5.06. The molecule has 0 aliphatic rings. The molecular weight excluding hydrogens is 271 g/mol. The van der Waals surface area contributed by atoms with Gasteiger partial charge >= 0.3 is 0 Å². The second-order valence-electron chi connectivity index (χ2n) is 6.15. The van der Waals surface area contributed by atoms with E-state index in [0.717, 1.165) is 28.4 Å². The Kier molecular flexibility index (Phi) is 4.25. The molecule has 4 heteroatoms. The van der Waals surface area contributed by atoms with E-state index >= 15 is 0 Å². The average Bonchev–Trinajstić information content (AvgIpc) is 2.66. The maximum atomic E-state index is 13.5. The maximum absolute atomic E-state index is 13.5. The Morgan fingerprint density at radius 3 is 2.50 bits per heavy atom. The fourth-order valence-electron chi connectivity index (χ4n) is 1.92. The summed E-state index contributed by atoms with van der Waals surface area (Å²) < 4.78 is 13.5. The zero-order chi connectivity index (χ0) is 14.9. The second kappa shape index (κ2) is 5.62. The van der Waals surface area contributed by atoms with Crippen molar-refractivity contribution in [2.45, 2.75) is 46.7 Å². The standard InChI is InChI=1S/C16H21FN2S/c1-10-6-12(8-13(17)7-10)15-19-11(2)14(20-15)9-18-16(3,4)5/h6-8,18H,9H2,1-5H3. The molecule has 0 unspecified atom stereocenters. The number of rotatable bonds is 3. The van der Waals surface area contributed by atoms with Crippen molar-refractivity contribution in [3.63, 3.8) is 0 Å². The topological polar surface area (TPSA) is 24.9 Å². The van der Waals surface area contributed by atoms with Crippen molar-refractivity contribution in [2.24, 2.45) is 0 Å². The Hall–Kier alpha value is -1.26. The third-order valence-electron chi connectivity index (χ3n) is 2.96. The Morgan fingerprint density at radius 2 is 1.90 bits per heavy atom. The molecular formula is C16H21FN2S. The van der Waals surface area contributed by atoms with Crippen molar-refractivity contribution in [1.82, 2.24) is 10.3 Å². The molecule has 20 heavy (non-hydrogen) atoms. The number of nitrogens with zero attached hydrogens (tertiary/aromatic N) is 1. The lowest BCUT2D eigenvalue weighted by Gasteiger charge is -2.19. The van der Waals surface area contributed by atoms with Gasteiger partial charge in [0.25, 0.3) is 0 Å². The molecule has 0 radical (unpaired) electrons. The number of benzene rings is 1. The summed E-state index contributed by atoms with van der Waals surface area (Å²) in [5, 5.41) is 4.35. The predicted molar refractivity (Wildman–Crippen MR) is 83.6 cm³/mol. The molecule has 1 heterocycles. The molecule has 0 fully saturated rings. The molecule has 0 saturated heterocycles. The van der Waals surface area contributed by atoms with Gasteiger partial charge in [-0.05, 0) is 58.4 Å². The zero-order valence-corrected chi connectivity index (χ0v) is 13.5. The molecule has 1 aromatic carbocycles. The number of aryl methyl sites for hydroxylation is 2. The van der Waals surface area contributed by atoms with Gasteiger partial charge in [0.2, 0.25) is 0 Å². The van der Waals surface area contributed by atoms with Gasteiger partial charge in [0, 0.05) is 22.5 Å². The smallest absolute Gasteiger partial charge is 0.124 e. The highest BCUT2D eigenvalue weighted by Gasteiger charge is 2.14. The molecule has 0 saturated carbocycles. The minimum Gasteiger partial charge on any atom is -0.307 e. The molecule has 0 amide bonds.